The molecule has 0 spiro atoms. The minimum Gasteiger partial charge on any atom is -0.482 e. The molecule has 0 amide bonds. The zero-order chi connectivity index (χ0) is 35.7. The highest BCUT2D eigenvalue weighted by atomic mass is 16.7. The molecule has 0 radical (unpaired) electrons. The molecule has 1 N–H and O–H groups in total. The number of benzene rings is 2. The first-order valence-corrected chi connectivity index (χ1v) is 17.5. The van der Waals surface area contributed by atoms with E-state index in [-0.39, 0.29) is 34.7 Å². The van der Waals surface area contributed by atoms with Gasteiger partial charge in [-0.1, -0.05) is 38.1 Å². The highest BCUT2D eigenvalue weighted by molar-refractivity contribution is 5.89. The Labute approximate surface area is 296 Å². The van der Waals surface area contributed by atoms with Crippen LogP contribution in [0.1, 0.15) is 85.0 Å². The van der Waals surface area contributed by atoms with Crippen LogP contribution >= 0.6 is 0 Å². The molecule has 3 unspecified atom stereocenters. The van der Waals surface area contributed by atoms with Crippen molar-refractivity contribution in [3.05, 3.63) is 117 Å². The first-order valence-electron chi connectivity index (χ1n) is 17.5. The summed E-state index contributed by atoms with van der Waals surface area (Å²) < 4.78 is 32.3. The first-order chi connectivity index (χ1) is 24.5. The quantitative estimate of drug-likeness (QED) is 0.226. The Hall–Kier alpha value is -4.82. The molecule has 2 aliphatic heterocycles. The number of nitrogens with zero attached hydrogens (tertiary/aromatic N) is 2. The van der Waals surface area contributed by atoms with E-state index < -0.39 is 52.4 Å². The lowest BCUT2D eigenvalue weighted by atomic mass is 9.42. The zero-order valence-electron chi connectivity index (χ0n) is 29.0. The van der Waals surface area contributed by atoms with Gasteiger partial charge in [0.15, 0.2) is 6.29 Å². The van der Waals surface area contributed by atoms with Gasteiger partial charge in [-0.25, -0.2) is 9.59 Å². The predicted molar refractivity (Wildman–Crippen MR) is 184 cm³/mol. The number of aryl methyl sites for hydroxylation is 1. The van der Waals surface area contributed by atoms with Gasteiger partial charge in [0.05, 0.1) is 36.0 Å². The minimum absolute atomic E-state index is 0.0483. The van der Waals surface area contributed by atoms with Crippen LogP contribution in [0.2, 0.25) is 0 Å². The van der Waals surface area contributed by atoms with Crippen LogP contribution in [-0.2, 0) is 14.2 Å². The van der Waals surface area contributed by atoms with Gasteiger partial charge >= 0.3 is 11.6 Å². The number of rotatable bonds is 4. The molecule has 2 aliphatic carbocycles. The van der Waals surface area contributed by atoms with Crippen LogP contribution in [0, 0.1) is 40.9 Å². The summed E-state index contributed by atoms with van der Waals surface area (Å²) >= 11 is 0. The van der Waals surface area contributed by atoms with E-state index in [4.69, 9.17) is 23.4 Å². The standard InChI is InChI=1S/C41H40N2O8/c1-23-8-5-6-10-27(23)38-47-22-40(3)30-19-32(49-36(45)25-13-11-24(20-42)12-14-25)41(4)35(39(30,2)16-15-31(40)50-38)34(44)33-29(51-41)18-28(48-37(33)46)26-9-7-17-43-21-26/h5-14,17-18,21,30-32,34-35,38,44H,15-16,19,22H2,1-4H3/t30?,31-,32-,34-,35?,38+,39-,40?,41+/m0/s1. The lowest BCUT2D eigenvalue weighted by Gasteiger charge is -2.67. The SMILES string of the molecule is Cc1ccccc1[C@@H]1OCC2(C)C3C[C@H](OC(=O)c4ccc(C#N)cc4)[C@@]4(C)Oc5cc(-c6cccnc6)oc(=O)c5[C@H](O)C4[C@@]3(C)CC[C@@H]2O1. The van der Waals surface area contributed by atoms with Crippen molar-refractivity contribution in [1.29, 1.82) is 5.26 Å². The lowest BCUT2D eigenvalue weighted by molar-refractivity contribution is -0.330. The van der Waals surface area contributed by atoms with E-state index in [1.54, 1.807) is 54.9 Å². The van der Waals surface area contributed by atoms with Crippen LogP contribution < -0.4 is 10.4 Å². The van der Waals surface area contributed by atoms with Gasteiger partial charge < -0.3 is 28.5 Å². The molecule has 1 saturated heterocycles. The maximum Gasteiger partial charge on any atom is 0.345 e. The van der Waals surface area contributed by atoms with Gasteiger partial charge in [0, 0.05) is 40.9 Å². The number of aliphatic hydroxyl groups is 1. The van der Waals surface area contributed by atoms with Crippen molar-refractivity contribution in [1.82, 2.24) is 4.98 Å². The summed E-state index contributed by atoms with van der Waals surface area (Å²) in [6.45, 7) is 8.62. The average molecular weight is 689 g/mol. The number of carbonyl (C=O) groups is 1. The largest absolute Gasteiger partial charge is 0.482 e. The first kappa shape index (κ1) is 33.3. The van der Waals surface area contributed by atoms with E-state index in [0.717, 1.165) is 11.1 Å². The average Bonchev–Trinajstić information content (AvgIpc) is 3.12. The van der Waals surface area contributed by atoms with E-state index in [0.29, 0.717) is 37.0 Å². The van der Waals surface area contributed by atoms with Crippen molar-refractivity contribution < 1.29 is 33.3 Å². The van der Waals surface area contributed by atoms with Gasteiger partial charge in [0.2, 0.25) is 0 Å². The number of fused-ring (bicyclic) bond motifs is 6. The summed E-state index contributed by atoms with van der Waals surface area (Å²) in [6, 6.07) is 21.5. The topological polar surface area (TPSA) is 141 Å². The predicted octanol–water partition coefficient (Wildman–Crippen LogP) is 6.85. The fourth-order valence-corrected chi connectivity index (χ4v) is 9.75. The van der Waals surface area contributed by atoms with Crippen molar-refractivity contribution in [2.75, 3.05) is 6.61 Å². The Balaban J connectivity index is 1.21. The maximum absolute atomic E-state index is 13.8. The van der Waals surface area contributed by atoms with Gasteiger partial charge in [-0.2, -0.15) is 5.26 Å². The molecule has 10 nitrogen and oxygen atoms in total. The van der Waals surface area contributed by atoms with Gasteiger partial charge in [0.25, 0.3) is 0 Å². The minimum atomic E-state index is -1.29. The smallest absolute Gasteiger partial charge is 0.345 e. The molecule has 0 bridgehead atoms. The van der Waals surface area contributed by atoms with Crippen molar-refractivity contribution in [3.8, 4) is 23.1 Å². The molecule has 8 rings (SSSR count). The number of nitriles is 1. The van der Waals surface area contributed by atoms with Crippen LogP contribution in [0.15, 0.2) is 88.3 Å². The third-order valence-electron chi connectivity index (χ3n) is 12.3. The molecule has 4 aliphatic rings. The highest BCUT2D eigenvalue weighted by Crippen LogP contribution is 2.68. The summed E-state index contributed by atoms with van der Waals surface area (Å²) in [5.41, 5.74) is 0.357. The normalized spacial score (nSPS) is 33.6. The molecule has 9 atom stereocenters. The fourth-order valence-electron chi connectivity index (χ4n) is 9.75. The van der Waals surface area contributed by atoms with Crippen molar-refractivity contribution in [2.45, 2.75) is 77.2 Å². The fraction of sp³-hybridized carbons (Fsp3) is 0.415. The highest BCUT2D eigenvalue weighted by Gasteiger charge is 2.71. The molecule has 4 heterocycles. The van der Waals surface area contributed by atoms with Crippen LogP contribution in [0.4, 0.5) is 0 Å². The molecule has 3 fully saturated rings. The number of aliphatic hydroxyl groups excluding tert-OH is 1. The Kier molecular flexibility index (Phi) is 7.94. The summed E-state index contributed by atoms with van der Waals surface area (Å²) in [7, 11) is 0. The Morgan fingerprint density at radius 3 is 2.57 bits per heavy atom. The second-order valence-electron chi connectivity index (χ2n) is 15.2. The molecule has 2 aromatic heterocycles. The van der Waals surface area contributed by atoms with E-state index in [1.165, 1.54) is 0 Å². The van der Waals surface area contributed by atoms with Gasteiger partial charge in [-0.3, -0.25) is 4.98 Å². The van der Waals surface area contributed by atoms with Gasteiger partial charge in [-0.05, 0) is 86.4 Å². The third-order valence-corrected chi connectivity index (χ3v) is 12.3. The maximum atomic E-state index is 13.8. The molecule has 2 aromatic carbocycles. The van der Waals surface area contributed by atoms with Crippen LogP contribution in [0.3, 0.4) is 0 Å². The monoisotopic (exact) mass is 688 g/mol. The second kappa shape index (κ2) is 12.2. The van der Waals surface area contributed by atoms with Crippen molar-refractivity contribution >= 4 is 5.97 Å². The molecule has 51 heavy (non-hydrogen) atoms. The Bertz CT molecular complexity index is 2090. The van der Waals surface area contributed by atoms with Crippen molar-refractivity contribution in [2.24, 2.45) is 22.7 Å². The molecular formula is C41H40N2O8. The number of ether oxygens (including phenoxy) is 4. The number of hydrogen-bond donors (Lipinski definition) is 1. The van der Waals surface area contributed by atoms with E-state index in [2.05, 4.69) is 24.9 Å². The van der Waals surface area contributed by atoms with E-state index >= 15 is 0 Å². The second-order valence-corrected chi connectivity index (χ2v) is 15.2. The number of aromatic nitrogens is 1. The molecule has 2 saturated carbocycles. The summed E-state index contributed by atoms with van der Waals surface area (Å²) in [5.74, 6) is -0.981. The van der Waals surface area contributed by atoms with E-state index in [1.807, 2.05) is 38.1 Å². The third kappa shape index (κ3) is 5.21. The summed E-state index contributed by atoms with van der Waals surface area (Å²) in [6.07, 6.45) is 2.17. The molecule has 4 aromatic rings. The van der Waals surface area contributed by atoms with Gasteiger partial charge in [0.1, 0.15) is 28.8 Å². The van der Waals surface area contributed by atoms with E-state index in [9.17, 15) is 20.0 Å². The zero-order valence-corrected chi connectivity index (χ0v) is 29.0. The van der Waals surface area contributed by atoms with Crippen molar-refractivity contribution in [3.63, 3.8) is 0 Å². The lowest BCUT2D eigenvalue weighted by Crippen LogP contribution is -2.72. The summed E-state index contributed by atoms with van der Waals surface area (Å²) in [5, 5.41) is 21.7. The number of esters is 1. The summed E-state index contributed by atoms with van der Waals surface area (Å²) in [4.78, 5) is 31.7. The molecular weight excluding hydrogens is 648 g/mol. The molecule has 262 valence electrons. The van der Waals surface area contributed by atoms with Gasteiger partial charge in [-0.15, -0.1) is 0 Å². The van der Waals surface area contributed by atoms with Crippen LogP contribution in [0.25, 0.3) is 11.3 Å². The Morgan fingerprint density at radius 2 is 1.84 bits per heavy atom. The van der Waals surface area contributed by atoms with Crippen LogP contribution in [0.5, 0.6) is 5.75 Å². The molecule has 10 heteroatoms. The number of pyridine rings is 1. The number of hydrogen-bond acceptors (Lipinski definition) is 10. The van der Waals surface area contributed by atoms with Crippen LogP contribution in [-0.4, -0.2) is 40.5 Å². The number of carbonyl (C=O) groups excluding carboxylic acids is 1. The Morgan fingerprint density at radius 1 is 1.06 bits per heavy atom.